The van der Waals surface area contributed by atoms with Crippen LogP contribution in [0.3, 0.4) is 0 Å². The predicted octanol–water partition coefficient (Wildman–Crippen LogP) is 2.48. The molecule has 0 aliphatic carbocycles. The summed E-state index contributed by atoms with van der Waals surface area (Å²) in [7, 11) is 0. The maximum Gasteiger partial charge on any atom is 0.255 e. The van der Waals surface area contributed by atoms with Crippen LogP contribution in [-0.2, 0) is 14.3 Å². The van der Waals surface area contributed by atoms with Crippen molar-refractivity contribution in [3.63, 3.8) is 0 Å². The normalized spacial score (nSPS) is 22.8. The van der Waals surface area contributed by atoms with E-state index in [1.54, 1.807) is 4.90 Å². The fourth-order valence-corrected chi connectivity index (χ4v) is 4.11. The number of anilines is 2. The fourth-order valence-electron chi connectivity index (χ4n) is 3.27. The molecule has 0 saturated carbocycles. The Morgan fingerprint density at radius 3 is 2.85 bits per heavy atom. The molecule has 2 saturated heterocycles. The number of carbonyl (C=O) groups is 2. The molecule has 4 rings (SSSR count). The Kier molecular flexibility index (Phi) is 4.69. The first-order chi connectivity index (χ1) is 12.6. The average Bonchev–Trinajstić information content (AvgIpc) is 3.36. The third-order valence-electron chi connectivity index (χ3n) is 4.71. The van der Waals surface area contributed by atoms with Gasteiger partial charge < -0.3 is 9.64 Å². The zero-order valence-corrected chi connectivity index (χ0v) is 15.3. The summed E-state index contributed by atoms with van der Waals surface area (Å²) in [5.74, 6) is -0.0948. The molecule has 136 valence electrons. The number of aryl methyl sites for hydroxylation is 1. The standard InChI is InChI=1S/C18H20N4O3S/c1-11-4-6-13(7-5-11)22-10-12(9-15(22)23)17-20-21-18(26-17)19-16(24)14-3-2-8-25-14/h4-7,12,14H,2-3,8-10H2,1H3,(H,19,21,24)/t12-,14+/m0/s1. The summed E-state index contributed by atoms with van der Waals surface area (Å²) in [6.45, 7) is 3.22. The quantitative estimate of drug-likeness (QED) is 0.891. The van der Waals surface area contributed by atoms with Crippen LogP contribution < -0.4 is 10.2 Å². The van der Waals surface area contributed by atoms with E-state index in [2.05, 4.69) is 15.5 Å². The number of benzene rings is 1. The van der Waals surface area contributed by atoms with Crippen molar-refractivity contribution in [2.24, 2.45) is 0 Å². The van der Waals surface area contributed by atoms with Crippen molar-refractivity contribution >= 4 is 34.0 Å². The molecule has 0 spiro atoms. The van der Waals surface area contributed by atoms with E-state index in [4.69, 9.17) is 4.74 Å². The van der Waals surface area contributed by atoms with Gasteiger partial charge in [-0.1, -0.05) is 29.0 Å². The lowest BCUT2D eigenvalue weighted by molar-refractivity contribution is -0.124. The van der Waals surface area contributed by atoms with E-state index in [1.165, 1.54) is 11.3 Å². The van der Waals surface area contributed by atoms with Crippen molar-refractivity contribution < 1.29 is 14.3 Å². The highest BCUT2D eigenvalue weighted by molar-refractivity contribution is 7.15. The Hall–Kier alpha value is -2.32. The number of ether oxygens (including phenoxy) is 1. The third kappa shape index (κ3) is 3.47. The van der Waals surface area contributed by atoms with Gasteiger partial charge in [0.05, 0.1) is 0 Å². The lowest BCUT2D eigenvalue weighted by atomic mass is 10.1. The number of nitrogens with zero attached hydrogens (tertiary/aromatic N) is 3. The lowest BCUT2D eigenvalue weighted by Crippen LogP contribution is -2.26. The maximum atomic E-state index is 12.4. The minimum Gasteiger partial charge on any atom is -0.368 e. The second-order valence-electron chi connectivity index (χ2n) is 6.68. The van der Waals surface area contributed by atoms with Gasteiger partial charge in [-0.05, 0) is 31.9 Å². The van der Waals surface area contributed by atoms with Crippen molar-refractivity contribution in [1.29, 1.82) is 0 Å². The van der Waals surface area contributed by atoms with Gasteiger partial charge in [-0.2, -0.15) is 0 Å². The van der Waals surface area contributed by atoms with E-state index >= 15 is 0 Å². The van der Waals surface area contributed by atoms with Crippen molar-refractivity contribution in [2.75, 3.05) is 23.4 Å². The third-order valence-corrected chi connectivity index (χ3v) is 5.71. The van der Waals surface area contributed by atoms with Crippen LogP contribution in [0, 0.1) is 6.92 Å². The molecule has 2 aliphatic rings. The van der Waals surface area contributed by atoms with E-state index in [1.807, 2.05) is 31.2 Å². The van der Waals surface area contributed by atoms with Gasteiger partial charge in [0.15, 0.2) is 0 Å². The Labute approximate surface area is 155 Å². The second-order valence-corrected chi connectivity index (χ2v) is 7.69. The van der Waals surface area contributed by atoms with Crippen molar-refractivity contribution in [1.82, 2.24) is 10.2 Å². The number of nitrogens with one attached hydrogen (secondary N) is 1. The van der Waals surface area contributed by atoms with Gasteiger partial charge >= 0.3 is 0 Å². The van der Waals surface area contributed by atoms with E-state index in [0.29, 0.717) is 24.7 Å². The van der Waals surface area contributed by atoms with Crippen LogP contribution >= 0.6 is 11.3 Å². The van der Waals surface area contributed by atoms with E-state index in [9.17, 15) is 9.59 Å². The summed E-state index contributed by atoms with van der Waals surface area (Å²) in [6.07, 6.45) is 1.65. The van der Waals surface area contributed by atoms with Crippen molar-refractivity contribution in [2.45, 2.75) is 38.2 Å². The second kappa shape index (κ2) is 7.13. The molecule has 7 nitrogen and oxygen atoms in total. The average molecular weight is 372 g/mol. The van der Waals surface area contributed by atoms with Crippen LogP contribution in [0.5, 0.6) is 0 Å². The van der Waals surface area contributed by atoms with Crippen LogP contribution in [0.1, 0.15) is 35.8 Å². The zero-order chi connectivity index (χ0) is 18.1. The smallest absolute Gasteiger partial charge is 0.255 e. The molecule has 1 aromatic heterocycles. The number of hydrogen-bond acceptors (Lipinski definition) is 6. The highest BCUT2D eigenvalue weighted by Gasteiger charge is 2.34. The molecule has 1 N–H and O–H groups in total. The maximum absolute atomic E-state index is 12.4. The minimum atomic E-state index is -0.396. The molecule has 2 aromatic rings. The first-order valence-corrected chi connectivity index (χ1v) is 9.55. The summed E-state index contributed by atoms with van der Waals surface area (Å²) in [4.78, 5) is 26.3. The first-order valence-electron chi connectivity index (χ1n) is 8.73. The van der Waals surface area contributed by atoms with Crippen molar-refractivity contribution in [3.05, 3.63) is 34.8 Å². The van der Waals surface area contributed by atoms with Crippen LogP contribution in [0.25, 0.3) is 0 Å². The topological polar surface area (TPSA) is 84.4 Å². The van der Waals surface area contributed by atoms with Crippen LogP contribution in [0.15, 0.2) is 24.3 Å². The van der Waals surface area contributed by atoms with Gasteiger partial charge in [0, 0.05) is 31.2 Å². The molecular weight excluding hydrogens is 352 g/mol. The summed E-state index contributed by atoms with van der Waals surface area (Å²) in [5, 5.41) is 12.3. The summed E-state index contributed by atoms with van der Waals surface area (Å²) >= 11 is 1.33. The fraction of sp³-hybridized carbons (Fsp3) is 0.444. The molecule has 0 bridgehead atoms. The van der Waals surface area contributed by atoms with Crippen LogP contribution in [0.2, 0.25) is 0 Å². The summed E-state index contributed by atoms with van der Waals surface area (Å²) < 4.78 is 5.37. The Balaban J connectivity index is 1.42. The number of carbonyl (C=O) groups excluding carboxylic acids is 2. The number of aromatic nitrogens is 2. The van der Waals surface area contributed by atoms with Gasteiger partial charge in [0.2, 0.25) is 11.0 Å². The van der Waals surface area contributed by atoms with Crippen LogP contribution in [0.4, 0.5) is 10.8 Å². The van der Waals surface area contributed by atoms with E-state index < -0.39 is 6.10 Å². The van der Waals surface area contributed by atoms with Gasteiger partial charge in [0.25, 0.3) is 5.91 Å². The molecule has 2 amide bonds. The Bertz CT molecular complexity index is 814. The molecule has 0 unspecified atom stereocenters. The predicted molar refractivity (Wildman–Crippen MR) is 98.4 cm³/mol. The van der Waals surface area contributed by atoms with E-state index in [0.717, 1.165) is 29.1 Å². The number of rotatable bonds is 4. The van der Waals surface area contributed by atoms with Crippen molar-refractivity contribution in [3.8, 4) is 0 Å². The summed E-state index contributed by atoms with van der Waals surface area (Å²) in [5.41, 5.74) is 2.06. The van der Waals surface area contributed by atoms with Crippen LogP contribution in [-0.4, -0.2) is 41.3 Å². The molecule has 26 heavy (non-hydrogen) atoms. The SMILES string of the molecule is Cc1ccc(N2C[C@@H](c3nnc(NC(=O)[C@H]4CCCO4)s3)CC2=O)cc1. The van der Waals surface area contributed by atoms with Gasteiger partial charge in [-0.15, -0.1) is 10.2 Å². The lowest BCUT2D eigenvalue weighted by Gasteiger charge is -2.16. The molecule has 2 fully saturated rings. The monoisotopic (exact) mass is 372 g/mol. The van der Waals surface area contributed by atoms with Gasteiger partial charge in [0.1, 0.15) is 11.1 Å². The Morgan fingerprint density at radius 2 is 2.12 bits per heavy atom. The zero-order valence-electron chi connectivity index (χ0n) is 14.5. The molecule has 2 aliphatic heterocycles. The summed E-state index contributed by atoms with van der Waals surface area (Å²) in [6, 6.07) is 7.92. The number of amides is 2. The highest BCUT2D eigenvalue weighted by atomic mass is 32.1. The number of hydrogen-bond donors (Lipinski definition) is 1. The first kappa shape index (κ1) is 17.1. The van der Waals surface area contributed by atoms with Gasteiger partial charge in [-0.25, -0.2) is 0 Å². The molecular formula is C18H20N4O3S. The molecule has 3 heterocycles. The highest BCUT2D eigenvalue weighted by Crippen LogP contribution is 2.34. The van der Waals surface area contributed by atoms with Gasteiger partial charge in [-0.3, -0.25) is 14.9 Å². The molecule has 8 heteroatoms. The Morgan fingerprint density at radius 1 is 1.31 bits per heavy atom. The van der Waals surface area contributed by atoms with E-state index in [-0.39, 0.29) is 17.7 Å². The minimum absolute atomic E-state index is 0.00492. The molecule has 1 aromatic carbocycles. The molecule has 0 radical (unpaired) electrons. The molecule has 2 atom stereocenters. The largest absolute Gasteiger partial charge is 0.368 e.